The third kappa shape index (κ3) is 2.52. The van der Waals surface area contributed by atoms with Crippen LogP contribution in [0, 0.1) is 0 Å². The van der Waals surface area contributed by atoms with Crippen LogP contribution in [0.25, 0.3) is 28.2 Å². The maximum absolute atomic E-state index is 12.7. The zero-order chi connectivity index (χ0) is 17.6. The van der Waals surface area contributed by atoms with Gasteiger partial charge in [0.1, 0.15) is 5.75 Å². The fourth-order valence-electron chi connectivity index (χ4n) is 2.74. The Kier molecular flexibility index (Phi) is 3.81. The molecule has 0 atom stereocenters. The van der Waals surface area contributed by atoms with Crippen molar-refractivity contribution < 1.29 is 9.84 Å². The lowest BCUT2D eigenvalue weighted by molar-refractivity contribution is 0.276. The number of H-pyrrole nitrogens is 1. The molecule has 0 spiro atoms. The van der Waals surface area contributed by atoms with E-state index < -0.39 is 0 Å². The van der Waals surface area contributed by atoms with E-state index in [0.717, 1.165) is 17.0 Å². The molecule has 0 fully saturated rings. The number of hydrogen-bond acceptors (Lipinski definition) is 5. The molecule has 3 heterocycles. The summed E-state index contributed by atoms with van der Waals surface area (Å²) >= 11 is 3.30. The van der Waals surface area contributed by atoms with Crippen molar-refractivity contribution >= 4 is 32.9 Å². The van der Waals surface area contributed by atoms with Crippen LogP contribution >= 0.6 is 15.9 Å². The number of aromatic amines is 1. The molecule has 0 radical (unpaired) electrons. The second kappa shape index (κ2) is 6.01. The maximum atomic E-state index is 12.7. The highest BCUT2D eigenvalue weighted by molar-refractivity contribution is 9.10. The lowest BCUT2D eigenvalue weighted by Crippen LogP contribution is -2.14. The molecule has 9 heteroatoms. The zero-order valence-electron chi connectivity index (χ0n) is 13.2. The highest BCUT2D eigenvalue weighted by atomic mass is 79.9. The molecule has 4 aromatic rings. The fraction of sp³-hybridized carbons (Fsp3) is 0.188. The van der Waals surface area contributed by atoms with Gasteiger partial charge in [-0.1, -0.05) is 0 Å². The molecule has 0 unspecified atom stereocenters. The molecule has 0 aliphatic rings. The summed E-state index contributed by atoms with van der Waals surface area (Å²) in [7, 11) is 1.61. The number of benzene rings is 1. The second-order valence-electron chi connectivity index (χ2n) is 5.44. The number of imidazole rings is 2. The number of halogens is 1. The Morgan fingerprint density at radius 1 is 1.28 bits per heavy atom. The van der Waals surface area contributed by atoms with Gasteiger partial charge in [0.15, 0.2) is 15.9 Å². The van der Waals surface area contributed by atoms with E-state index in [1.165, 1.54) is 4.40 Å². The zero-order valence-corrected chi connectivity index (χ0v) is 14.8. The van der Waals surface area contributed by atoms with Crippen LogP contribution < -0.4 is 10.3 Å². The van der Waals surface area contributed by atoms with Crippen molar-refractivity contribution in [2.45, 2.75) is 6.54 Å². The number of nitrogens with one attached hydrogen (secondary N) is 1. The van der Waals surface area contributed by atoms with Crippen molar-refractivity contribution in [3.63, 3.8) is 0 Å². The number of aliphatic hydroxyl groups excluding tert-OH is 1. The minimum atomic E-state index is -0.270. The van der Waals surface area contributed by atoms with Gasteiger partial charge in [0.05, 0.1) is 19.4 Å². The summed E-state index contributed by atoms with van der Waals surface area (Å²) in [5.74, 6) is 1.17. The quantitative estimate of drug-likeness (QED) is 0.506. The summed E-state index contributed by atoms with van der Waals surface area (Å²) in [4.78, 5) is 24.6. The van der Waals surface area contributed by atoms with Gasteiger partial charge in [-0.15, -0.1) is 0 Å². The van der Waals surface area contributed by atoms with Crippen molar-refractivity contribution in [3.05, 3.63) is 45.5 Å². The summed E-state index contributed by atoms with van der Waals surface area (Å²) in [6.45, 7) is 0.221. The molecule has 1 aromatic carbocycles. The van der Waals surface area contributed by atoms with Gasteiger partial charge in [0.2, 0.25) is 5.78 Å². The van der Waals surface area contributed by atoms with Crippen LogP contribution in [-0.4, -0.2) is 42.7 Å². The van der Waals surface area contributed by atoms with Gasteiger partial charge in [-0.05, 0) is 45.8 Å². The van der Waals surface area contributed by atoms with Gasteiger partial charge in [0.25, 0.3) is 5.56 Å². The molecule has 2 N–H and O–H groups in total. The largest absolute Gasteiger partial charge is 0.497 e. The van der Waals surface area contributed by atoms with E-state index in [1.54, 1.807) is 17.9 Å². The van der Waals surface area contributed by atoms with Crippen LogP contribution in [0.15, 0.2) is 40.0 Å². The van der Waals surface area contributed by atoms with Gasteiger partial charge >= 0.3 is 0 Å². The molecule has 0 aliphatic carbocycles. The van der Waals surface area contributed by atoms with Gasteiger partial charge in [0, 0.05) is 12.7 Å². The van der Waals surface area contributed by atoms with E-state index in [4.69, 9.17) is 4.74 Å². The van der Waals surface area contributed by atoms with Crippen LogP contribution in [0.3, 0.4) is 0 Å². The molecule has 25 heavy (non-hydrogen) atoms. The number of hydrogen-bond donors (Lipinski definition) is 2. The number of fused-ring (bicyclic) bond motifs is 2. The van der Waals surface area contributed by atoms with Gasteiger partial charge in [-0.2, -0.15) is 4.98 Å². The van der Waals surface area contributed by atoms with Crippen LogP contribution in [0.1, 0.15) is 0 Å². The van der Waals surface area contributed by atoms with Crippen molar-refractivity contribution in [1.82, 2.24) is 23.9 Å². The molecular weight excluding hydrogens is 390 g/mol. The first-order chi connectivity index (χ1) is 12.1. The first-order valence-electron chi connectivity index (χ1n) is 7.55. The SMILES string of the molecule is COc1ccc(-c2cn3c(=O)c4nc(Br)n(CCO)c4nc3[nH]2)cc1. The normalized spacial score (nSPS) is 11.5. The minimum absolute atomic E-state index is 0.0765. The Labute approximate surface area is 149 Å². The average Bonchev–Trinajstić information content (AvgIpc) is 3.19. The highest BCUT2D eigenvalue weighted by Gasteiger charge is 2.17. The molecule has 0 aliphatic heterocycles. The van der Waals surface area contributed by atoms with Crippen molar-refractivity contribution in [2.75, 3.05) is 13.7 Å². The van der Waals surface area contributed by atoms with E-state index in [9.17, 15) is 9.90 Å². The minimum Gasteiger partial charge on any atom is -0.497 e. The van der Waals surface area contributed by atoms with E-state index >= 15 is 0 Å². The number of methoxy groups -OCH3 is 1. The number of rotatable bonds is 4. The molecule has 128 valence electrons. The van der Waals surface area contributed by atoms with Crippen molar-refractivity contribution in [1.29, 1.82) is 0 Å². The van der Waals surface area contributed by atoms with E-state index in [0.29, 0.717) is 22.7 Å². The molecule has 8 nitrogen and oxygen atoms in total. The van der Waals surface area contributed by atoms with Gasteiger partial charge < -0.3 is 19.4 Å². The molecule has 0 amide bonds. The lowest BCUT2D eigenvalue weighted by Gasteiger charge is -2.01. The maximum Gasteiger partial charge on any atom is 0.287 e. The summed E-state index contributed by atoms with van der Waals surface area (Å²) in [6.07, 6.45) is 1.70. The molecule has 3 aromatic heterocycles. The number of aliphatic hydroxyl groups is 1. The van der Waals surface area contributed by atoms with Crippen LogP contribution in [-0.2, 0) is 6.54 Å². The summed E-state index contributed by atoms with van der Waals surface area (Å²) < 4.78 is 8.71. The average molecular weight is 404 g/mol. The fourth-order valence-corrected chi connectivity index (χ4v) is 3.27. The van der Waals surface area contributed by atoms with Gasteiger partial charge in [-0.25, -0.2) is 9.38 Å². The Bertz CT molecular complexity index is 1130. The Balaban J connectivity index is 1.91. The number of aromatic nitrogens is 5. The van der Waals surface area contributed by atoms with Gasteiger partial charge in [-0.3, -0.25) is 4.79 Å². The van der Waals surface area contributed by atoms with Crippen LogP contribution in [0.5, 0.6) is 5.75 Å². The second-order valence-corrected chi connectivity index (χ2v) is 6.14. The standard InChI is InChI=1S/C16H14BrN5O3/c1-25-10-4-2-9(3-5-10)11-8-22-14(24)12-13(20-16(22)18-11)21(6-7-23)15(17)19-12/h2-5,8,23H,6-7H2,1H3,(H,18,20). The molecule has 0 bridgehead atoms. The summed E-state index contributed by atoms with van der Waals surface area (Å²) in [5, 5.41) is 9.20. The first-order valence-corrected chi connectivity index (χ1v) is 8.34. The third-order valence-electron chi connectivity index (χ3n) is 3.98. The summed E-state index contributed by atoms with van der Waals surface area (Å²) in [5.41, 5.74) is 2.07. The topological polar surface area (TPSA) is 97.4 Å². The molecule has 4 rings (SSSR count). The lowest BCUT2D eigenvalue weighted by atomic mass is 10.2. The van der Waals surface area contributed by atoms with Crippen LogP contribution in [0.2, 0.25) is 0 Å². The van der Waals surface area contributed by atoms with Crippen molar-refractivity contribution in [2.24, 2.45) is 0 Å². The number of ether oxygens (including phenoxy) is 1. The monoisotopic (exact) mass is 403 g/mol. The Hall–Kier alpha value is -2.65. The van der Waals surface area contributed by atoms with E-state index in [2.05, 4.69) is 30.9 Å². The molecule has 0 saturated carbocycles. The summed E-state index contributed by atoms with van der Waals surface area (Å²) in [6, 6.07) is 7.49. The van der Waals surface area contributed by atoms with Crippen molar-refractivity contribution in [3.8, 4) is 17.0 Å². The highest BCUT2D eigenvalue weighted by Crippen LogP contribution is 2.22. The predicted octanol–water partition coefficient (Wildman–Crippen LogP) is 1.80. The van der Waals surface area contributed by atoms with E-state index in [-0.39, 0.29) is 17.7 Å². The smallest absolute Gasteiger partial charge is 0.287 e. The van der Waals surface area contributed by atoms with Crippen LogP contribution in [0.4, 0.5) is 0 Å². The first kappa shape index (κ1) is 15.9. The van der Waals surface area contributed by atoms with E-state index in [1.807, 2.05) is 24.3 Å². The Morgan fingerprint density at radius 2 is 2.04 bits per heavy atom. The molecular formula is C16H14BrN5O3. The number of nitrogens with zero attached hydrogens (tertiary/aromatic N) is 4. The Morgan fingerprint density at radius 3 is 2.72 bits per heavy atom. The molecule has 0 saturated heterocycles. The predicted molar refractivity (Wildman–Crippen MR) is 95.9 cm³/mol. The third-order valence-corrected chi connectivity index (χ3v) is 4.59.